The van der Waals surface area contributed by atoms with Crippen molar-refractivity contribution in [2.75, 3.05) is 56.6 Å². The van der Waals surface area contributed by atoms with Gasteiger partial charge >= 0.3 is 6.09 Å². The van der Waals surface area contributed by atoms with Crippen LogP contribution in [0.1, 0.15) is 93.3 Å². The first-order chi connectivity index (χ1) is 34.8. The second-order valence-corrected chi connectivity index (χ2v) is 17.0. The fraction of sp³-hybridized carbons (Fsp3) is 0.327. The van der Waals surface area contributed by atoms with Crippen LogP contribution in [0, 0.1) is 13.8 Å². The Morgan fingerprint density at radius 3 is 1.99 bits per heavy atom. The van der Waals surface area contributed by atoms with Crippen LogP contribution in [0.15, 0.2) is 83.9 Å². The Kier molecular flexibility index (Phi) is 21.2. The first kappa shape index (κ1) is 57.0. The van der Waals surface area contributed by atoms with Gasteiger partial charge in [0.15, 0.2) is 12.6 Å². The Hall–Kier alpha value is -8.59. The summed E-state index contributed by atoms with van der Waals surface area (Å²) in [6, 6.07) is 17.2. The van der Waals surface area contributed by atoms with Gasteiger partial charge in [-0.25, -0.2) is 9.78 Å². The number of amides is 3. The van der Waals surface area contributed by atoms with E-state index in [9.17, 15) is 24.0 Å². The van der Waals surface area contributed by atoms with Crippen molar-refractivity contribution in [1.82, 2.24) is 34.4 Å². The molecule has 3 aromatic carbocycles. The number of hydrogen-bond donors (Lipinski definition) is 5. The summed E-state index contributed by atoms with van der Waals surface area (Å²) < 4.78 is 22.5. The highest BCUT2D eigenvalue weighted by Crippen LogP contribution is 2.39. The Bertz CT molecular complexity index is 2890. The summed E-state index contributed by atoms with van der Waals surface area (Å²) in [5.74, 6) is 0.182. The molecule has 6 aromatic rings. The van der Waals surface area contributed by atoms with Gasteiger partial charge < -0.3 is 45.8 Å². The lowest BCUT2D eigenvalue weighted by Crippen LogP contribution is -2.33. The van der Waals surface area contributed by atoms with E-state index < -0.39 is 23.5 Å². The van der Waals surface area contributed by atoms with Crippen molar-refractivity contribution in [2.24, 2.45) is 16.5 Å². The molecule has 0 radical (unpaired) electrons. The zero-order valence-corrected chi connectivity index (χ0v) is 43.2. The number of methoxy groups -OCH3 is 1. The van der Waals surface area contributed by atoms with E-state index in [1.807, 2.05) is 86.7 Å². The third-order valence-electron chi connectivity index (χ3n) is 10.4. The second-order valence-electron chi connectivity index (χ2n) is 17.0. The van der Waals surface area contributed by atoms with Crippen LogP contribution in [-0.2, 0) is 24.4 Å². The Morgan fingerprint density at radius 2 is 1.47 bits per heavy atom. The molecule has 0 fully saturated rings. The van der Waals surface area contributed by atoms with Crippen molar-refractivity contribution in [3.63, 3.8) is 0 Å². The first-order valence-corrected chi connectivity index (χ1v) is 23.3. The van der Waals surface area contributed by atoms with Crippen LogP contribution in [0.3, 0.4) is 0 Å². The van der Waals surface area contributed by atoms with Crippen molar-refractivity contribution in [3.8, 4) is 11.5 Å². The van der Waals surface area contributed by atoms with Gasteiger partial charge in [0, 0.05) is 50.0 Å². The summed E-state index contributed by atoms with van der Waals surface area (Å²) in [6.45, 7) is 19.7. The lowest BCUT2D eigenvalue weighted by Gasteiger charge is -2.26. The standard InChI is InChI=1S/C38H47N9O6.2C7H10N2O/c1-38(2,3)53-37(50)44-27-14-10-12-24(18-27)13-11-17-52-31-22-26(35(40)49)20-29-33(31)47(36(43-6)45-29)16-9-8-15-46(23-41-4)32-28(42-5)19-25(34(39)48)21-30(32)51-7;2*1-3-9-7(5-10)4-6(2)8-9/h8-14,18-22,41H,5,15-17,23H2,1-4,6-7H3,(H2,39,48)(H2,40,49)(H,43,45)(H,44,50);2*4-5H,3H2,1-2H3/b9-8+,13-11+;;. The summed E-state index contributed by atoms with van der Waals surface area (Å²) in [5.41, 5.74) is 17.9. The number of aryl methyl sites for hydroxylation is 4. The largest absolute Gasteiger partial charge is 0.494 e. The molecule has 6 rings (SSSR count). The Balaban J connectivity index is 0.000000474. The molecule has 3 amide bonds. The van der Waals surface area contributed by atoms with E-state index in [1.54, 1.807) is 79.6 Å². The van der Waals surface area contributed by atoms with Crippen LogP contribution < -0.4 is 41.8 Å². The normalized spacial score (nSPS) is 11.0. The molecule has 0 spiro atoms. The number of aliphatic imine (C=N–C) groups is 1. The maximum absolute atomic E-state index is 12.2. The third-order valence-corrected chi connectivity index (χ3v) is 10.4. The number of nitrogens with two attached hydrogens (primary N) is 2. The average Bonchev–Trinajstić information content (AvgIpc) is 4.05. The topological polar surface area (TPSA) is 270 Å². The molecule has 3 aromatic heterocycles. The Labute approximate surface area is 425 Å². The molecule has 0 saturated carbocycles. The molecule has 0 aliphatic carbocycles. The van der Waals surface area contributed by atoms with E-state index in [2.05, 4.69) is 37.9 Å². The number of carbonyl (C=O) groups excluding carboxylic acids is 5. The van der Waals surface area contributed by atoms with Crippen LogP contribution in [0.2, 0.25) is 0 Å². The number of allylic oxidation sites excluding steroid dienone is 1. The smallest absolute Gasteiger partial charge is 0.412 e. The molecule has 21 nitrogen and oxygen atoms in total. The van der Waals surface area contributed by atoms with Gasteiger partial charge in [-0.1, -0.05) is 30.4 Å². The van der Waals surface area contributed by atoms with Crippen molar-refractivity contribution in [1.29, 1.82) is 0 Å². The van der Waals surface area contributed by atoms with Crippen molar-refractivity contribution < 1.29 is 38.2 Å². The molecule has 21 heteroatoms. The third kappa shape index (κ3) is 16.2. The minimum Gasteiger partial charge on any atom is -0.494 e. The lowest BCUT2D eigenvalue weighted by molar-refractivity contribution is 0.0635. The van der Waals surface area contributed by atoms with E-state index in [0.717, 1.165) is 42.6 Å². The molecule has 388 valence electrons. The number of aldehydes is 2. The number of carbonyl (C=O) groups is 5. The lowest BCUT2D eigenvalue weighted by atomic mass is 10.1. The van der Waals surface area contributed by atoms with Crippen LogP contribution >= 0.6 is 0 Å². The number of primary amides is 2. The molecule has 0 aliphatic heterocycles. The highest BCUT2D eigenvalue weighted by Gasteiger charge is 2.21. The predicted molar refractivity (Wildman–Crippen MR) is 286 cm³/mol. The van der Waals surface area contributed by atoms with E-state index >= 15 is 0 Å². The molecule has 0 aliphatic rings. The summed E-state index contributed by atoms with van der Waals surface area (Å²) in [6.07, 6.45) is 8.73. The molecule has 0 saturated heterocycles. The second kappa shape index (κ2) is 27.1. The van der Waals surface area contributed by atoms with E-state index in [4.69, 9.17) is 30.7 Å². The highest BCUT2D eigenvalue weighted by atomic mass is 16.6. The maximum atomic E-state index is 12.2. The van der Waals surface area contributed by atoms with Crippen LogP contribution in [0.4, 0.5) is 27.8 Å². The highest BCUT2D eigenvalue weighted by molar-refractivity contribution is 5.99. The maximum Gasteiger partial charge on any atom is 0.412 e. The molecule has 7 N–H and O–H groups in total. The van der Waals surface area contributed by atoms with Crippen LogP contribution in [-0.4, -0.2) is 113 Å². The first-order valence-electron chi connectivity index (χ1n) is 23.3. The van der Waals surface area contributed by atoms with Crippen LogP contribution in [0.25, 0.3) is 17.1 Å². The van der Waals surface area contributed by atoms with Gasteiger partial charge in [-0.15, -0.1) is 0 Å². The number of ether oxygens (including phenoxy) is 3. The Morgan fingerprint density at radius 1 is 0.849 bits per heavy atom. The SMILES string of the molecule is C=Nc1cc(C(N)=O)cc(OC)c1N(C/C=C/Cn1c(NC)nc2cc(C(N)=O)cc(OC/C=C/c3cccc(NC(=O)OC(C)(C)C)c3)c21)CNC.CCn1nc(C)cc1C=O.CCn1nc(C)cc1C=O. The molecule has 73 heavy (non-hydrogen) atoms. The number of anilines is 3. The van der Waals surface area contributed by atoms with Crippen molar-refractivity contribution in [2.45, 2.75) is 73.7 Å². The number of aromatic nitrogens is 6. The van der Waals surface area contributed by atoms with Crippen molar-refractivity contribution >= 4 is 77.3 Å². The van der Waals surface area contributed by atoms with Gasteiger partial charge in [-0.2, -0.15) is 10.2 Å². The average molecular weight is 1000 g/mol. The summed E-state index contributed by atoms with van der Waals surface area (Å²) in [5, 5.41) is 17.2. The van der Waals surface area contributed by atoms with E-state index in [0.29, 0.717) is 76.7 Å². The van der Waals surface area contributed by atoms with E-state index in [-0.39, 0.29) is 17.7 Å². The quantitative estimate of drug-likeness (QED) is 0.0204. The van der Waals surface area contributed by atoms with E-state index in [1.165, 1.54) is 7.11 Å². The molecular weight excluding hydrogens is 935 g/mol. The number of nitrogens with one attached hydrogen (secondary N) is 3. The zero-order chi connectivity index (χ0) is 53.8. The number of imidazole rings is 1. The molecule has 0 bridgehead atoms. The molecular formula is C52H67N13O8. The van der Waals surface area contributed by atoms with Gasteiger partial charge in [-0.3, -0.25) is 38.9 Å². The number of benzene rings is 3. The monoisotopic (exact) mass is 1000 g/mol. The number of nitrogens with zero attached hydrogens (tertiary/aromatic N) is 8. The van der Waals surface area contributed by atoms with Gasteiger partial charge in [0.2, 0.25) is 17.8 Å². The van der Waals surface area contributed by atoms with Crippen molar-refractivity contribution in [3.05, 3.63) is 118 Å². The predicted octanol–water partition coefficient (Wildman–Crippen LogP) is 7.34. The number of rotatable bonds is 21. The van der Waals surface area contributed by atoms with Gasteiger partial charge in [0.1, 0.15) is 46.3 Å². The number of hydrogen-bond acceptors (Lipinski definition) is 15. The van der Waals surface area contributed by atoms with Crippen LogP contribution in [0.5, 0.6) is 11.5 Å². The molecule has 0 atom stereocenters. The summed E-state index contributed by atoms with van der Waals surface area (Å²) >= 11 is 0. The fourth-order valence-corrected chi connectivity index (χ4v) is 7.28. The molecule has 0 unspecified atom stereocenters. The summed E-state index contributed by atoms with van der Waals surface area (Å²) in [4.78, 5) is 67.9. The zero-order valence-electron chi connectivity index (χ0n) is 43.2. The van der Waals surface area contributed by atoms with Gasteiger partial charge in [0.05, 0.1) is 36.4 Å². The minimum atomic E-state index is -0.617. The van der Waals surface area contributed by atoms with Gasteiger partial charge in [0.25, 0.3) is 0 Å². The van der Waals surface area contributed by atoms with Gasteiger partial charge in [-0.05, 0) is 122 Å². The molecule has 3 heterocycles. The number of fused-ring (bicyclic) bond motifs is 1. The minimum absolute atomic E-state index is 0.159. The fourth-order valence-electron chi connectivity index (χ4n) is 7.28. The summed E-state index contributed by atoms with van der Waals surface area (Å²) in [7, 11) is 5.08.